The van der Waals surface area contributed by atoms with Crippen LogP contribution in [0, 0.1) is 0 Å². The number of likely N-dealkylation sites (N-methyl/N-ethyl adjacent to an activating group) is 1. The summed E-state index contributed by atoms with van der Waals surface area (Å²) in [4.78, 5) is 2.44. The van der Waals surface area contributed by atoms with Gasteiger partial charge in [0.05, 0.1) is 3.79 Å². The first-order valence-corrected chi connectivity index (χ1v) is 6.57. The molecule has 0 radical (unpaired) electrons. The van der Waals surface area contributed by atoms with Crippen LogP contribution >= 0.6 is 39.7 Å². The Labute approximate surface area is 110 Å². The zero-order valence-corrected chi connectivity index (χ0v) is 11.9. The molecular formula is C10H16BrClN2S. The number of hydrogen-bond acceptors (Lipinski definition) is 3. The molecule has 1 aliphatic rings. The van der Waals surface area contributed by atoms with Gasteiger partial charge in [-0.15, -0.1) is 23.7 Å². The van der Waals surface area contributed by atoms with E-state index in [0.717, 1.165) is 13.1 Å². The predicted molar refractivity (Wildman–Crippen MR) is 72.0 cm³/mol. The minimum atomic E-state index is 0. The van der Waals surface area contributed by atoms with Gasteiger partial charge in [-0.25, -0.2) is 0 Å². The lowest BCUT2D eigenvalue weighted by molar-refractivity contribution is 0.249. The van der Waals surface area contributed by atoms with E-state index in [2.05, 4.69) is 44.6 Å². The third-order valence-corrected chi connectivity index (χ3v) is 4.26. The second-order valence-electron chi connectivity index (χ2n) is 3.82. The fourth-order valence-electron chi connectivity index (χ4n) is 1.86. The first-order valence-electron chi connectivity index (χ1n) is 4.89. The number of rotatable bonds is 3. The molecule has 2 nitrogen and oxygen atoms in total. The zero-order chi connectivity index (χ0) is 9.97. The van der Waals surface area contributed by atoms with Gasteiger partial charge >= 0.3 is 0 Å². The Hall–Kier alpha value is 0.390. The molecule has 5 heteroatoms. The molecule has 1 N–H and O–H groups in total. The van der Waals surface area contributed by atoms with Crippen LogP contribution in [0.2, 0.25) is 0 Å². The molecule has 1 fully saturated rings. The standard InChI is InChI=1S/C10H15BrN2S.ClH/c1-13(9-2-3-12-5-9)6-8-4-10(11)14-7-8;/h4,7,9,12H,2-3,5-6H2,1H3;1H. The van der Waals surface area contributed by atoms with Gasteiger partial charge in [-0.3, -0.25) is 4.90 Å². The first kappa shape index (κ1) is 13.5. The maximum atomic E-state index is 3.49. The van der Waals surface area contributed by atoms with Crippen LogP contribution in [0.3, 0.4) is 0 Å². The van der Waals surface area contributed by atoms with Gasteiger partial charge in [0.2, 0.25) is 0 Å². The first-order chi connectivity index (χ1) is 6.75. The fraction of sp³-hybridized carbons (Fsp3) is 0.600. The SMILES string of the molecule is CN(Cc1csc(Br)c1)C1CCNC1.Cl. The lowest BCUT2D eigenvalue weighted by Crippen LogP contribution is -2.32. The maximum absolute atomic E-state index is 3.49. The summed E-state index contributed by atoms with van der Waals surface area (Å²) in [7, 11) is 2.21. The lowest BCUT2D eigenvalue weighted by Gasteiger charge is -2.22. The lowest BCUT2D eigenvalue weighted by atomic mass is 10.2. The molecule has 0 bridgehead atoms. The molecule has 1 saturated heterocycles. The topological polar surface area (TPSA) is 15.3 Å². The van der Waals surface area contributed by atoms with Crippen LogP contribution in [-0.4, -0.2) is 31.1 Å². The summed E-state index contributed by atoms with van der Waals surface area (Å²) in [6.07, 6.45) is 1.28. The van der Waals surface area contributed by atoms with Crippen LogP contribution in [0.25, 0.3) is 0 Å². The van der Waals surface area contributed by atoms with Gasteiger partial charge < -0.3 is 5.32 Å². The number of halogens is 2. The quantitative estimate of drug-likeness (QED) is 0.923. The summed E-state index contributed by atoms with van der Waals surface area (Å²) >= 11 is 5.26. The van der Waals surface area contributed by atoms with E-state index in [1.54, 1.807) is 11.3 Å². The number of thiophene rings is 1. The smallest absolute Gasteiger partial charge is 0.0701 e. The third kappa shape index (κ3) is 3.71. The summed E-state index contributed by atoms with van der Waals surface area (Å²) in [5, 5.41) is 5.62. The van der Waals surface area contributed by atoms with Crippen LogP contribution in [0.4, 0.5) is 0 Å². The highest BCUT2D eigenvalue weighted by Gasteiger charge is 2.19. The van der Waals surface area contributed by atoms with Gasteiger partial charge in [-0.05, 0) is 53.0 Å². The molecule has 0 amide bonds. The van der Waals surface area contributed by atoms with Crippen LogP contribution in [0.1, 0.15) is 12.0 Å². The minimum Gasteiger partial charge on any atom is -0.315 e. The van der Waals surface area contributed by atoms with Crippen molar-refractivity contribution in [2.45, 2.75) is 19.0 Å². The number of nitrogens with zero attached hydrogens (tertiary/aromatic N) is 1. The molecule has 1 aliphatic heterocycles. The molecule has 0 spiro atoms. The predicted octanol–water partition coefficient (Wildman–Crippen LogP) is 2.73. The summed E-state index contributed by atoms with van der Waals surface area (Å²) in [6, 6.07) is 2.93. The normalized spacial score (nSPS) is 20.6. The van der Waals surface area contributed by atoms with Crippen molar-refractivity contribution in [3.8, 4) is 0 Å². The molecule has 1 aromatic heterocycles. The molecule has 0 saturated carbocycles. The molecule has 1 unspecified atom stereocenters. The van der Waals surface area contributed by atoms with Gasteiger partial charge in [-0.1, -0.05) is 0 Å². The van der Waals surface area contributed by atoms with E-state index >= 15 is 0 Å². The Balaban J connectivity index is 0.00000112. The highest BCUT2D eigenvalue weighted by Crippen LogP contribution is 2.22. The fourth-order valence-corrected chi connectivity index (χ4v) is 3.06. The van der Waals surface area contributed by atoms with E-state index < -0.39 is 0 Å². The maximum Gasteiger partial charge on any atom is 0.0701 e. The van der Waals surface area contributed by atoms with Crippen molar-refractivity contribution in [2.75, 3.05) is 20.1 Å². The molecule has 86 valence electrons. The largest absolute Gasteiger partial charge is 0.315 e. The van der Waals surface area contributed by atoms with Gasteiger partial charge in [0, 0.05) is 19.1 Å². The van der Waals surface area contributed by atoms with Crippen molar-refractivity contribution < 1.29 is 0 Å². The number of nitrogens with one attached hydrogen (secondary N) is 1. The second-order valence-corrected chi connectivity index (χ2v) is 6.11. The highest BCUT2D eigenvalue weighted by molar-refractivity contribution is 9.11. The van der Waals surface area contributed by atoms with E-state index in [-0.39, 0.29) is 12.4 Å². The summed E-state index contributed by atoms with van der Waals surface area (Å²) < 4.78 is 1.23. The number of hydrogen-bond donors (Lipinski definition) is 1. The van der Waals surface area contributed by atoms with Crippen LogP contribution in [0.15, 0.2) is 15.2 Å². The van der Waals surface area contributed by atoms with Gasteiger partial charge in [0.15, 0.2) is 0 Å². The molecule has 0 aromatic carbocycles. The van der Waals surface area contributed by atoms with Gasteiger partial charge in [0.25, 0.3) is 0 Å². The van der Waals surface area contributed by atoms with Crippen molar-refractivity contribution >= 4 is 39.7 Å². The molecule has 1 aromatic rings. The Morgan fingerprint density at radius 1 is 1.67 bits per heavy atom. The summed E-state index contributed by atoms with van der Waals surface area (Å²) in [5.41, 5.74) is 1.41. The molecule has 2 rings (SSSR count). The van der Waals surface area contributed by atoms with Gasteiger partial charge in [0.1, 0.15) is 0 Å². The monoisotopic (exact) mass is 310 g/mol. The molecule has 1 atom stereocenters. The minimum absolute atomic E-state index is 0. The average Bonchev–Trinajstić information content (AvgIpc) is 2.75. The summed E-state index contributed by atoms with van der Waals surface area (Å²) in [5.74, 6) is 0. The van der Waals surface area contributed by atoms with Crippen molar-refractivity contribution in [2.24, 2.45) is 0 Å². The molecule has 2 heterocycles. The molecular weight excluding hydrogens is 296 g/mol. The molecule has 15 heavy (non-hydrogen) atoms. The van der Waals surface area contributed by atoms with Crippen LogP contribution in [-0.2, 0) is 6.54 Å². The average molecular weight is 312 g/mol. The van der Waals surface area contributed by atoms with Crippen LogP contribution in [0.5, 0.6) is 0 Å². The highest BCUT2D eigenvalue weighted by atomic mass is 79.9. The van der Waals surface area contributed by atoms with E-state index in [0.29, 0.717) is 6.04 Å². The van der Waals surface area contributed by atoms with Crippen molar-refractivity contribution in [3.05, 3.63) is 20.8 Å². The third-order valence-electron chi connectivity index (χ3n) is 2.71. The Morgan fingerprint density at radius 3 is 3.00 bits per heavy atom. The van der Waals surface area contributed by atoms with Gasteiger partial charge in [-0.2, -0.15) is 0 Å². The van der Waals surface area contributed by atoms with E-state index in [4.69, 9.17) is 0 Å². The van der Waals surface area contributed by atoms with Crippen molar-refractivity contribution in [3.63, 3.8) is 0 Å². The Bertz CT molecular complexity index is 299. The molecule has 0 aliphatic carbocycles. The van der Waals surface area contributed by atoms with E-state index in [1.165, 1.54) is 22.3 Å². The summed E-state index contributed by atoms with van der Waals surface area (Å²) in [6.45, 7) is 3.37. The second kappa shape index (κ2) is 6.21. The van der Waals surface area contributed by atoms with Crippen molar-refractivity contribution in [1.82, 2.24) is 10.2 Å². The Morgan fingerprint density at radius 2 is 2.47 bits per heavy atom. The Kier molecular flexibility index (Phi) is 5.57. The van der Waals surface area contributed by atoms with Crippen LogP contribution < -0.4 is 5.32 Å². The van der Waals surface area contributed by atoms with E-state index in [9.17, 15) is 0 Å². The van der Waals surface area contributed by atoms with Crippen molar-refractivity contribution in [1.29, 1.82) is 0 Å². The van der Waals surface area contributed by atoms with E-state index in [1.807, 2.05) is 0 Å². The zero-order valence-electron chi connectivity index (χ0n) is 8.70.